The zero-order valence-corrected chi connectivity index (χ0v) is 9.93. The lowest BCUT2D eigenvalue weighted by molar-refractivity contribution is -0.116. The fraction of sp³-hybridized carbons (Fsp3) is 0.143. The van der Waals surface area contributed by atoms with E-state index < -0.39 is 5.91 Å². The minimum absolute atomic E-state index is 0.356. The molecule has 0 bridgehead atoms. The first-order valence-corrected chi connectivity index (χ1v) is 5.47. The monoisotopic (exact) mass is 240 g/mol. The second kappa shape index (κ2) is 5.19. The highest BCUT2D eigenvalue weighted by atomic mass is 16.5. The van der Waals surface area contributed by atoms with Crippen LogP contribution in [0.2, 0.25) is 0 Å². The summed E-state index contributed by atoms with van der Waals surface area (Å²) in [4.78, 5) is 10.8. The lowest BCUT2D eigenvalue weighted by atomic mass is 10.1. The number of hydrogen-bond donors (Lipinski definition) is 1. The molecule has 0 atom stereocenters. The quantitative estimate of drug-likeness (QED) is 0.834. The Labute approximate surface area is 105 Å². The van der Waals surface area contributed by atoms with Gasteiger partial charge >= 0.3 is 5.91 Å². The highest BCUT2D eigenvalue weighted by Gasteiger charge is 2.01. The van der Waals surface area contributed by atoms with Crippen molar-refractivity contribution in [1.82, 2.24) is 5.32 Å². The van der Waals surface area contributed by atoms with Crippen LogP contribution in [0, 0.1) is 11.3 Å². The van der Waals surface area contributed by atoms with E-state index in [1.54, 1.807) is 7.11 Å². The second-order valence-corrected chi connectivity index (χ2v) is 3.84. The molecule has 0 radical (unpaired) electrons. The summed E-state index contributed by atoms with van der Waals surface area (Å²) in [5.41, 5.74) is 0.955. The van der Waals surface area contributed by atoms with Crippen molar-refractivity contribution in [3.05, 3.63) is 42.0 Å². The van der Waals surface area contributed by atoms with Crippen LogP contribution in [-0.2, 0) is 11.3 Å². The van der Waals surface area contributed by atoms with Gasteiger partial charge in [-0.1, -0.05) is 18.2 Å². The van der Waals surface area contributed by atoms with Crippen LogP contribution >= 0.6 is 0 Å². The molecule has 4 heteroatoms. The first-order valence-electron chi connectivity index (χ1n) is 5.47. The second-order valence-electron chi connectivity index (χ2n) is 3.84. The van der Waals surface area contributed by atoms with E-state index in [-0.39, 0.29) is 0 Å². The number of amides is 1. The van der Waals surface area contributed by atoms with Gasteiger partial charge in [0.1, 0.15) is 5.75 Å². The zero-order valence-electron chi connectivity index (χ0n) is 9.93. The first-order chi connectivity index (χ1) is 8.72. The minimum atomic E-state index is -0.621. The summed E-state index contributed by atoms with van der Waals surface area (Å²) in [6.07, 6.45) is 0. The molecule has 2 aromatic rings. The van der Waals surface area contributed by atoms with Gasteiger partial charge < -0.3 is 10.1 Å². The zero-order chi connectivity index (χ0) is 13.0. The Balaban J connectivity index is 2.23. The maximum absolute atomic E-state index is 10.8. The van der Waals surface area contributed by atoms with Crippen LogP contribution in [0.25, 0.3) is 10.8 Å². The van der Waals surface area contributed by atoms with E-state index in [1.165, 1.54) is 6.07 Å². The summed E-state index contributed by atoms with van der Waals surface area (Å²) in [6.45, 7) is 0.356. The molecular formula is C14H12N2O2. The number of benzene rings is 2. The number of hydrogen-bond acceptors (Lipinski definition) is 3. The maximum atomic E-state index is 10.8. The maximum Gasteiger partial charge on any atom is 0.322 e. The van der Waals surface area contributed by atoms with Gasteiger partial charge in [-0.2, -0.15) is 5.26 Å². The molecule has 90 valence electrons. The molecule has 0 spiro atoms. The van der Waals surface area contributed by atoms with E-state index in [0.29, 0.717) is 6.54 Å². The number of nitrogens with zero attached hydrogens (tertiary/aromatic N) is 1. The summed E-state index contributed by atoms with van der Waals surface area (Å²) in [5, 5.41) is 13.0. The van der Waals surface area contributed by atoms with E-state index in [2.05, 4.69) is 5.32 Å². The molecule has 18 heavy (non-hydrogen) atoms. The van der Waals surface area contributed by atoms with Crippen molar-refractivity contribution >= 4 is 16.7 Å². The largest absolute Gasteiger partial charge is 0.497 e. The molecule has 0 saturated carbocycles. The van der Waals surface area contributed by atoms with E-state index >= 15 is 0 Å². The number of carbonyl (C=O) groups excluding carboxylic acids is 1. The first kappa shape index (κ1) is 11.9. The smallest absolute Gasteiger partial charge is 0.322 e. The summed E-state index contributed by atoms with van der Waals surface area (Å²) in [5.74, 6) is 0.192. The summed E-state index contributed by atoms with van der Waals surface area (Å²) < 4.78 is 5.15. The highest BCUT2D eigenvalue weighted by molar-refractivity contribution is 5.91. The van der Waals surface area contributed by atoms with E-state index in [0.717, 1.165) is 22.1 Å². The molecule has 0 aliphatic rings. The van der Waals surface area contributed by atoms with Crippen molar-refractivity contribution < 1.29 is 9.53 Å². The van der Waals surface area contributed by atoms with Crippen LogP contribution in [0.5, 0.6) is 5.75 Å². The van der Waals surface area contributed by atoms with Crippen molar-refractivity contribution in [1.29, 1.82) is 5.26 Å². The Morgan fingerprint density at radius 1 is 1.28 bits per heavy atom. The summed E-state index contributed by atoms with van der Waals surface area (Å²) in [7, 11) is 1.63. The van der Waals surface area contributed by atoms with Crippen molar-refractivity contribution in [2.45, 2.75) is 6.54 Å². The van der Waals surface area contributed by atoms with Crippen molar-refractivity contribution in [3.63, 3.8) is 0 Å². The van der Waals surface area contributed by atoms with Crippen LogP contribution in [0.4, 0.5) is 0 Å². The Morgan fingerprint density at radius 2 is 2.00 bits per heavy atom. The van der Waals surface area contributed by atoms with Crippen LogP contribution < -0.4 is 10.1 Å². The third kappa shape index (κ3) is 2.58. The Hall–Kier alpha value is -2.54. The number of carbonyl (C=O) groups is 1. The Morgan fingerprint density at radius 3 is 2.72 bits per heavy atom. The fourth-order valence-electron chi connectivity index (χ4n) is 1.73. The number of methoxy groups -OCH3 is 1. The molecule has 0 heterocycles. The van der Waals surface area contributed by atoms with Gasteiger partial charge in [-0.15, -0.1) is 0 Å². The van der Waals surface area contributed by atoms with Crippen molar-refractivity contribution in [2.75, 3.05) is 7.11 Å². The SMILES string of the molecule is COc1ccc2cc(CNC(=O)C#N)ccc2c1. The van der Waals surface area contributed by atoms with Gasteiger partial charge in [-0.05, 0) is 34.5 Å². The standard InChI is InChI=1S/C14H12N2O2/c1-18-13-5-4-11-6-10(2-3-12(11)7-13)9-16-14(17)8-15/h2-7H,9H2,1H3,(H,16,17). The van der Waals surface area contributed by atoms with Gasteiger partial charge in [0.25, 0.3) is 0 Å². The van der Waals surface area contributed by atoms with Crippen LogP contribution in [0.15, 0.2) is 36.4 Å². The van der Waals surface area contributed by atoms with E-state index in [1.807, 2.05) is 36.4 Å². The molecular weight excluding hydrogens is 228 g/mol. The predicted molar refractivity (Wildman–Crippen MR) is 68.0 cm³/mol. The van der Waals surface area contributed by atoms with Crippen LogP contribution in [0.1, 0.15) is 5.56 Å². The Kier molecular flexibility index (Phi) is 3.44. The molecule has 0 aromatic heterocycles. The number of fused-ring (bicyclic) bond motifs is 1. The number of ether oxygens (including phenoxy) is 1. The number of nitrogens with one attached hydrogen (secondary N) is 1. The van der Waals surface area contributed by atoms with Gasteiger partial charge in [0, 0.05) is 6.54 Å². The molecule has 1 N–H and O–H groups in total. The van der Waals surface area contributed by atoms with Gasteiger partial charge in [0.2, 0.25) is 0 Å². The fourth-order valence-corrected chi connectivity index (χ4v) is 1.73. The molecule has 2 rings (SSSR count). The molecule has 4 nitrogen and oxygen atoms in total. The molecule has 1 amide bonds. The summed E-state index contributed by atoms with van der Waals surface area (Å²) in [6, 6.07) is 13.2. The number of nitriles is 1. The Bertz CT molecular complexity index is 629. The molecule has 0 saturated heterocycles. The third-order valence-corrected chi connectivity index (χ3v) is 2.67. The summed E-state index contributed by atoms with van der Waals surface area (Å²) >= 11 is 0. The molecule has 2 aromatic carbocycles. The molecule has 0 unspecified atom stereocenters. The predicted octanol–water partition coefficient (Wildman–Crippen LogP) is 1.99. The average molecular weight is 240 g/mol. The normalized spacial score (nSPS) is 9.78. The lowest BCUT2D eigenvalue weighted by Crippen LogP contribution is -2.20. The molecule has 0 aliphatic heterocycles. The number of rotatable bonds is 3. The van der Waals surface area contributed by atoms with Gasteiger partial charge in [-0.25, -0.2) is 0 Å². The topological polar surface area (TPSA) is 62.1 Å². The van der Waals surface area contributed by atoms with E-state index in [4.69, 9.17) is 10.00 Å². The van der Waals surface area contributed by atoms with Crippen LogP contribution in [-0.4, -0.2) is 13.0 Å². The van der Waals surface area contributed by atoms with Gasteiger partial charge in [0.15, 0.2) is 6.07 Å². The third-order valence-electron chi connectivity index (χ3n) is 2.67. The minimum Gasteiger partial charge on any atom is -0.497 e. The highest BCUT2D eigenvalue weighted by Crippen LogP contribution is 2.21. The molecule has 0 fully saturated rings. The van der Waals surface area contributed by atoms with Crippen LogP contribution in [0.3, 0.4) is 0 Å². The van der Waals surface area contributed by atoms with E-state index in [9.17, 15) is 4.79 Å². The van der Waals surface area contributed by atoms with Crippen molar-refractivity contribution in [2.24, 2.45) is 0 Å². The van der Waals surface area contributed by atoms with Gasteiger partial charge in [-0.3, -0.25) is 4.79 Å². The lowest BCUT2D eigenvalue weighted by Gasteiger charge is -2.05. The van der Waals surface area contributed by atoms with Gasteiger partial charge in [0.05, 0.1) is 7.11 Å². The average Bonchev–Trinajstić information content (AvgIpc) is 2.43. The van der Waals surface area contributed by atoms with Crippen molar-refractivity contribution in [3.8, 4) is 11.8 Å². The molecule has 0 aliphatic carbocycles.